The van der Waals surface area contributed by atoms with Crippen LogP contribution < -0.4 is 4.72 Å². The van der Waals surface area contributed by atoms with Gasteiger partial charge in [-0.25, -0.2) is 17.9 Å². The number of aromatic carboxylic acids is 1. The summed E-state index contributed by atoms with van der Waals surface area (Å²) in [5.41, 5.74) is 0. The van der Waals surface area contributed by atoms with E-state index in [0.29, 0.717) is 16.5 Å². The first-order chi connectivity index (χ1) is 9.47. The van der Waals surface area contributed by atoms with Crippen LogP contribution in [0.5, 0.6) is 0 Å². The molecular formula is C13H13NO4S2. The Morgan fingerprint density at radius 3 is 2.75 bits per heavy atom. The van der Waals surface area contributed by atoms with Gasteiger partial charge in [0.25, 0.3) is 0 Å². The molecule has 20 heavy (non-hydrogen) atoms. The Morgan fingerprint density at radius 2 is 2.10 bits per heavy atom. The summed E-state index contributed by atoms with van der Waals surface area (Å²) < 4.78 is 27.6. The van der Waals surface area contributed by atoms with E-state index in [1.807, 2.05) is 0 Å². The van der Waals surface area contributed by atoms with Crippen LogP contribution >= 0.6 is 11.3 Å². The van der Waals surface area contributed by atoms with Crippen molar-refractivity contribution in [3.8, 4) is 0 Å². The zero-order valence-electron chi connectivity index (χ0n) is 10.5. The Bertz CT molecular complexity index is 762. The Balaban J connectivity index is 2.59. The van der Waals surface area contributed by atoms with Crippen molar-refractivity contribution in [1.82, 2.24) is 4.72 Å². The minimum Gasteiger partial charge on any atom is -0.477 e. The van der Waals surface area contributed by atoms with Gasteiger partial charge in [-0.15, -0.1) is 17.9 Å². The second-order valence-corrected chi connectivity index (χ2v) is 6.79. The number of carbonyl (C=O) groups is 1. The van der Waals surface area contributed by atoms with Crippen LogP contribution in [0.4, 0.5) is 0 Å². The summed E-state index contributed by atoms with van der Waals surface area (Å²) in [6.45, 7) is 3.70. The van der Waals surface area contributed by atoms with Gasteiger partial charge in [0.05, 0.1) is 0 Å². The highest BCUT2D eigenvalue weighted by atomic mass is 32.2. The molecule has 0 saturated heterocycles. The van der Waals surface area contributed by atoms with Crippen LogP contribution in [0, 0.1) is 0 Å². The van der Waals surface area contributed by atoms with E-state index >= 15 is 0 Å². The molecule has 2 rings (SSSR count). The molecule has 106 valence electrons. The van der Waals surface area contributed by atoms with Crippen molar-refractivity contribution in [3.05, 3.63) is 41.8 Å². The highest BCUT2D eigenvalue weighted by molar-refractivity contribution is 7.90. The molecule has 1 aromatic carbocycles. The summed E-state index contributed by atoms with van der Waals surface area (Å²) in [4.78, 5) is 10.9. The van der Waals surface area contributed by atoms with Crippen LogP contribution in [0.2, 0.25) is 0 Å². The molecule has 1 aromatic heterocycles. The third-order valence-corrected chi connectivity index (χ3v) is 5.49. The van der Waals surface area contributed by atoms with E-state index in [4.69, 9.17) is 0 Å². The molecule has 0 amide bonds. The number of benzene rings is 1. The Morgan fingerprint density at radius 1 is 1.40 bits per heavy atom. The SMILES string of the molecule is C=CCCNS(=O)(=O)c1c(C(=O)O)sc2ccccc12. The summed E-state index contributed by atoms with van der Waals surface area (Å²) in [5.74, 6) is -1.24. The van der Waals surface area contributed by atoms with E-state index in [9.17, 15) is 18.3 Å². The normalized spacial score (nSPS) is 11.6. The number of carboxylic acid groups (broad SMARTS) is 1. The Kier molecular flexibility index (Phi) is 4.22. The van der Waals surface area contributed by atoms with Gasteiger partial charge in [-0.3, -0.25) is 0 Å². The predicted molar refractivity (Wildman–Crippen MR) is 78.8 cm³/mol. The molecule has 2 N–H and O–H groups in total. The third-order valence-electron chi connectivity index (χ3n) is 2.65. The predicted octanol–water partition coefficient (Wildman–Crippen LogP) is 2.45. The van der Waals surface area contributed by atoms with Crippen LogP contribution in [-0.2, 0) is 10.0 Å². The maximum absolute atomic E-state index is 12.3. The van der Waals surface area contributed by atoms with Crippen LogP contribution in [-0.4, -0.2) is 26.0 Å². The van der Waals surface area contributed by atoms with Crippen LogP contribution in [0.3, 0.4) is 0 Å². The van der Waals surface area contributed by atoms with E-state index < -0.39 is 16.0 Å². The van der Waals surface area contributed by atoms with Gasteiger partial charge in [0.2, 0.25) is 10.0 Å². The van der Waals surface area contributed by atoms with Crippen molar-refractivity contribution >= 4 is 37.4 Å². The molecule has 0 aliphatic heterocycles. The number of nitrogens with one attached hydrogen (secondary N) is 1. The molecule has 0 fully saturated rings. The van der Waals surface area contributed by atoms with Gasteiger partial charge in [0, 0.05) is 16.6 Å². The summed E-state index contributed by atoms with van der Waals surface area (Å²) >= 11 is 0.959. The molecule has 0 saturated carbocycles. The first kappa shape index (κ1) is 14.7. The fourth-order valence-electron chi connectivity index (χ4n) is 1.80. The molecule has 0 radical (unpaired) electrons. The van der Waals surface area contributed by atoms with Gasteiger partial charge in [-0.05, 0) is 12.5 Å². The second kappa shape index (κ2) is 5.74. The molecule has 2 aromatic rings. The first-order valence-electron chi connectivity index (χ1n) is 5.82. The zero-order valence-corrected chi connectivity index (χ0v) is 12.1. The fraction of sp³-hybridized carbons (Fsp3) is 0.154. The van der Waals surface area contributed by atoms with Gasteiger partial charge in [-0.2, -0.15) is 0 Å². The van der Waals surface area contributed by atoms with Crippen molar-refractivity contribution in [2.75, 3.05) is 6.54 Å². The Labute approximate surface area is 120 Å². The van der Waals surface area contributed by atoms with E-state index in [-0.39, 0.29) is 16.3 Å². The number of fused-ring (bicyclic) bond motifs is 1. The monoisotopic (exact) mass is 311 g/mol. The smallest absolute Gasteiger partial charge is 0.347 e. The standard InChI is InChI=1S/C13H13NO4S2/c1-2-3-8-14-20(17,18)12-9-6-4-5-7-10(9)19-11(12)13(15)16/h2,4-7,14H,1,3,8H2,(H,15,16). The van der Waals surface area contributed by atoms with Gasteiger partial charge in [0.1, 0.15) is 9.77 Å². The van der Waals surface area contributed by atoms with E-state index in [2.05, 4.69) is 11.3 Å². The van der Waals surface area contributed by atoms with Gasteiger partial charge in [0.15, 0.2) is 0 Å². The van der Waals surface area contributed by atoms with E-state index in [1.165, 1.54) is 0 Å². The van der Waals surface area contributed by atoms with Crippen molar-refractivity contribution < 1.29 is 18.3 Å². The lowest BCUT2D eigenvalue weighted by Crippen LogP contribution is -2.25. The maximum atomic E-state index is 12.3. The highest BCUT2D eigenvalue weighted by Gasteiger charge is 2.27. The quantitative estimate of drug-likeness (QED) is 0.634. The minimum atomic E-state index is -3.86. The zero-order chi connectivity index (χ0) is 14.8. The molecule has 0 unspecified atom stereocenters. The molecule has 7 heteroatoms. The average molecular weight is 311 g/mol. The number of rotatable bonds is 6. The van der Waals surface area contributed by atoms with Crippen molar-refractivity contribution in [3.63, 3.8) is 0 Å². The number of hydrogen-bond acceptors (Lipinski definition) is 4. The lowest BCUT2D eigenvalue weighted by Gasteiger charge is -2.05. The molecule has 0 bridgehead atoms. The van der Waals surface area contributed by atoms with Crippen LogP contribution in [0.1, 0.15) is 16.1 Å². The summed E-state index contributed by atoms with van der Waals surface area (Å²) in [6, 6.07) is 6.74. The van der Waals surface area contributed by atoms with Crippen LogP contribution in [0.15, 0.2) is 41.8 Å². The third kappa shape index (κ3) is 2.74. The fourth-order valence-corrected chi connectivity index (χ4v) is 4.58. The topological polar surface area (TPSA) is 83.5 Å². The number of hydrogen-bond donors (Lipinski definition) is 2. The summed E-state index contributed by atoms with van der Waals surface area (Å²) in [7, 11) is -3.86. The molecule has 0 aliphatic carbocycles. The molecule has 0 aliphatic rings. The van der Waals surface area contributed by atoms with E-state index in [0.717, 1.165) is 11.3 Å². The second-order valence-electron chi connectivity index (χ2n) is 4.04. The van der Waals surface area contributed by atoms with Gasteiger partial charge < -0.3 is 5.11 Å². The molecular weight excluding hydrogens is 298 g/mol. The lowest BCUT2D eigenvalue weighted by atomic mass is 10.2. The number of sulfonamides is 1. The van der Waals surface area contributed by atoms with Gasteiger partial charge in [-0.1, -0.05) is 24.3 Å². The van der Waals surface area contributed by atoms with E-state index in [1.54, 1.807) is 30.3 Å². The van der Waals surface area contributed by atoms with Crippen LogP contribution in [0.25, 0.3) is 10.1 Å². The number of thiophene rings is 1. The summed E-state index contributed by atoms with van der Waals surface area (Å²) in [5, 5.41) is 9.64. The largest absolute Gasteiger partial charge is 0.477 e. The number of carboxylic acids is 1. The average Bonchev–Trinajstić information content (AvgIpc) is 2.79. The van der Waals surface area contributed by atoms with Crippen molar-refractivity contribution in [2.24, 2.45) is 0 Å². The first-order valence-corrected chi connectivity index (χ1v) is 8.12. The molecule has 1 heterocycles. The maximum Gasteiger partial charge on any atom is 0.347 e. The molecule has 5 nitrogen and oxygen atoms in total. The van der Waals surface area contributed by atoms with Crippen molar-refractivity contribution in [2.45, 2.75) is 11.3 Å². The molecule has 0 atom stereocenters. The van der Waals surface area contributed by atoms with Crippen molar-refractivity contribution in [1.29, 1.82) is 0 Å². The highest BCUT2D eigenvalue weighted by Crippen LogP contribution is 2.34. The van der Waals surface area contributed by atoms with Gasteiger partial charge >= 0.3 is 5.97 Å². The molecule has 0 spiro atoms. The lowest BCUT2D eigenvalue weighted by molar-refractivity contribution is 0.0698. The Hall–Kier alpha value is -1.70. The summed E-state index contributed by atoms with van der Waals surface area (Å²) in [6.07, 6.45) is 2.07. The minimum absolute atomic E-state index is 0.158.